The molecule has 0 aliphatic carbocycles. The van der Waals surface area contributed by atoms with Crippen molar-refractivity contribution < 1.29 is 9.53 Å². The molecule has 5 nitrogen and oxygen atoms in total. The Morgan fingerprint density at radius 2 is 2.17 bits per heavy atom. The molecule has 1 atom stereocenters. The monoisotopic (exact) mass is 309 g/mol. The molecule has 1 aliphatic heterocycles. The lowest BCUT2D eigenvalue weighted by Gasteiger charge is -2.24. The Morgan fingerprint density at radius 3 is 2.83 bits per heavy atom. The summed E-state index contributed by atoms with van der Waals surface area (Å²) in [6.07, 6.45) is 7.46. The van der Waals surface area contributed by atoms with Gasteiger partial charge in [0.25, 0.3) is 0 Å². The number of hydrogen-bond donors (Lipinski definition) is 1. The third kappa shape index (κ3) is 2.93. The molecule has 3 rings (SSSR count). The molecule has 1 aromatic carbocycles. The van der Waals surface area contributed by atoms with E-state index < -0.39 is 0 Å². The number of carbonyl (C=O) groups excluding carboxylic acids is 1. The molecule has 0 spiro atoms. The summed E-state index contributed by atoms with van der Waals surface area (Å²) in [6, 6.07) is 7.91. The highest BCUT2D eigenvalue weighted by molar-refractivity contribution is 5.94. The molecule has 1 aromatic heterocycles. The predicted molar refractivity (Wildman–Crippen MR) is 88.5 cm³/mol. The van der Waals surface area contributed by atoms with Gasteiger partial charge in [0.2, 0.25) is 5.91 Å². The number of fused-ring (bicyclic) bond motifs is 1. The highest BCUT2D eigenvalue weighted by Gasteiger charge is 2.30. The molecule has 1 amide bonds. The van der Waals surface area contributed by atoms with E-state index in [0.29, 0.717) is 6.42 Å². The fourth-order valence-electron chi connectivity index (χ4n) is 2.85. The second kappa shape index (κ2) is 6.17. The van der Waals surface area contributed by atoms with E-state index >= 15 is 0 Å². The molecule has 2 heterocycles. The second-order valence-corrected chi connectivity index (χ2v) is 5.85. The Kier molecular flexibility index (Phi) is 4.07. The standard InChI is InChI=1S/C18H19N3O2/c1-4-9-23-14-7-5-13(6-8-14)15-10-17(22)20-18-16(15)11-19-21(18)12(2)3/h1,5-8,11-12,15H,9-10H2,2-3H3,(H,20,22). The summed E-state index contributed by atoms with van der Waals surface area (Å²) in [5, 5.41) is 7.36. The number of anilines is 1. The quantitative estimate of drug-likeness (QED) is 0.883. The zero-order valence-electron chi connectivity index (χ0n) is 13.2. The van der Waals surface area contributed by atoms with Gasteiger partial charge in [-0.3, -0.25) is 4.79 Å². The Labute approximate surface area is 135 Å². The minimum atomic E-state index is 0.00735. The molecule has 5 heteroatoms. The summed E-state index contributed by atoms with van der Waals surface area (Å²) >= 11 is 0. The van der Waals surface area contributed by atoms with E-state index in [0.717, 1.165) is 22.7 Å². The van der Waals surface area contributed by atoms with Gasteiger partial charge in [-0.2, -0.15) is 5.10 Å². The molecule has 23 heavy (non-hydrogen) atoms. The van der Waals surface area contributed by atoms with E-state index in [2.05, 4.69) is 16.3 Å². The number of benzene rings is 1. The number of rotatable bonds is 4. The molecule has 0 radical (unpaired) electrons. The van der Waals surface area contributed by atoms with Gasteiger partial charge in [0.1, 0.15) is 18.2 Å². The van der Waals surface area contributed by atoms with Crippen LogP contribution in [-0.4, -0.2) is 22.3 Å². The number of nitrogens with zero attached hydrogens (tertiary/aromatic N) is 2. The normalized spacial score (nSPS) is 16.6. The Balaban J connectivity index is 1.92. The number of terminal acetylenes is 1. The predicted octanol–water partition coefficient (Wildman–Crippen LogP) is 2.95. The largest absolute Gasteiger partial charge is 0.481 e. The van der Waals surface area contributed by atoms with E-state index in [1.54, 1.807) is 0 Å². The van der Waals surface area contributed by atoms with Crippen molar-refractivity contribution in [3.63, 3.8) is 0 Å². The summed E-state index contributed by atoms with van der Waals surface area (Å²) in [7, 11) is 0. The summed E-state index contributed by atoms with van der Waals surface area (Å²) < 4.78 is 7.24. The molecular weight excluding hydrogens is 290 g/mol. The fourth-order valence-corrected chi connectivity index (χ4v) is 2.85. The zero-order chi connectivity index (χ0) is 16.4. The van der Waals surface area contributed by atoms with Crippen LogP contribution < -0.4 is 10.1 Å². The van der Waals surface area contributed by atoms with E-state index in [9.17, 15) is 4.79 Å². The summed E-state index contributed by atoms with van der Waals surface area (Å²) in [5.41, 5.74) is 2.12. The van der Waals surface area contributed by atoms with Crippen molar-refractivity contribution in [2.24, 2.45) is 0 Å². The van der Waals surface area contributed by atoms with E-state index in [1.807, 2.05) is 49.0 Å². The Hall–Kier alpha value is -2.74. The van der Waals surface area contributed by atoms with Crippen LogP contribution in [0.5, 0.6) is 5.75 Å². The molecular formula is C18H19N3O2. The maximum atomic E-state index is 12.1. The van der Waals surface area contributed by atoms with Crippen molar-refractivity contribution in [1.29, 1.82) is 0 Å². The van der Waals surface area contributed by atoms with Gasteiger partial charge in [0, 0.05) is 23.9 Å². The lowest BCUT2D eigenvalue weighted by Crippen LogP contribution is -2.25. The van der Waals surface area contributed by atoms with Crippen molar-refractivity contribution in [2.75, 3.05) is 11.9 Å². The van der Waals surface area contributed by atoms with E-state index in [-0.39, 0.29) is 24.5 Å². The minimum absolute atomic E-state index is 0.00735. The molecule has 1 aliphatic rings. The van der Waals surface area contributed by atoms with Crippen molar-refractivity contribution in [1.82, 2.24) is 9.78 Å². The Bertz CT molecular complexity index is 754. The first-order chi connectivity index (χ1) is 11.1. The van der Waals surface area contributed by atoms with Crippen LogP contribution in [0.2, 0.25) is 0 Å². The van der Waals surface area contributed by atoms with Crippen LogP contribution >= 0.6 is 0 Å². The third-order valence-corrected chi connectivity index (χ3v) is 3.94. The minimum Gasteiger partial charge on any atom is -0.481 e. The van der Waals surface area contributed by atoms with Crippen molar-refractivity contribution in [3.8, 4) is 18.1 Å². The molecule has 118 valence electrons. The maximum Gasteiger partial charge on any atom is 0.226 e. The van der Waals surface area contributed by atoms with Gasteiger partial charge in [0.15, 0.2) is 0 Å². The molecule has 0 saturated heterocycles. The van der Waals surface area contributed by atoms with Crippen molar-refractivity contribution in [2.45, 2.75) is 32.2 Å². The van der Waals surface area contributed by atoms with E-state index in [4.69, 9.17) is 11.2 Å². The summed E-state index contributed by atoms with van der Waals surface area (Å²) in [6.45, 7) is 4.33. The van der Waals surface area contributed by atoms with Gasteiger partial charge < -0.3 is 10.1 Å². The summed E-state index contributed by atoms with van der Waals surface area (Å²) in [5.74, 6) is 3.99. The molecule has 2 aromatic rings. The van der Waals surface area contributed by atoms with Gasteiger partial charge in [-0.25, -0.2) is 4.68 Å². The first kappa shape index (κ1) is 15.2. The number of amides is 1. The molecule has 1 unspecified atom stereocenters. The maximum absolute atomic E-state index is 12.1. The van der Waals surface area contributed by atoms with Crippen LogP contribution in [0.3, 0.4) is 0 Å². The van der Waals surface area contributed by atoms with E-state index in [1.165, 1.54) is 0 Å². The zero-order valence-corrected chi connectivity index (χ0v) is 13.2. The smallest absolute Gasteiger partial charge is 0.226 e. The lowest BCUT2D eigenvalue weighted by molar-refractivity contribution is -0.116. The van der Waals surface area contributed by atoms with Crippen molar-refractivity contribution in [3.05, 3.63) is 41.6 Å². The Morgan fingerprint density at radius 1 is 1.43 bits per heavy atom. The van der Waals surface area contributed by atoms with Gasteiger partial charge in [-0.05, 0) is 31.5 Å². The SMILES string of the molecule is C#CCOc1ccc(C2CC(=O)Nc3c2cnn3C(C)C)cc1. The number of ether oxygens (including phenoxy) is 1. The average Bonchev–Trinajstić information content (AvgIpc) is 2.96. The first-order valence-electron chi connectivity index (χ1n) is 7.63. The topological polar surface area (TPSA) is 56.1 Å². The molecule has 0 fully saturated rings. The van der Waals surface area contributed by atoms with Gasteiger partial charge in [0.05, 0.1) is 6.20 Å². The van der Waals surface area contributed by atoms with Crippen molar-refractivity contribution >= 4 is 11.7 Å². The first-order valence-corrected chi connectivity index (χ1v) is 7.63. The van der Waals surface area contributed by atoms with Gasteiger partial charge in [-0.1, -0.05) is 18.1 Å². The van der Waals surface area contributed by atoms with Crippen LogP contribution in [-0.2, 0) is 4.79 Å². The van der Waals surface area contributed by atoms with Gasteiger partial charge in [-0.15, -0.1) is 6.42 Å². The van der Waals surface area contributed by atoms with Crippen LogP contribution in [0.15, 0.2) is 30.5 Å². The molecule has 0 bridgehead atoms. The van der Waals surface area contributed by atoms with Crippen LogP contribution in [0.25, 0.3) is 0 Å². The van der Waals surface area contributed by atoms with Crippen LogP contribution in [0.1, 0.15) is 43.4 Å². The van der Waals surface area contributed by atoms with Crippen LogP contribution in [0, 0.1) is 12.3 Å². The fraction of sp³-hybridized carbons (Fsp3) is 0.333. The summed E-state index contributed by atoms with van der Waals surface area (Å²) in [4.78, 5) is 12.1. The highest BCUT2D eigenvalue weighted by Crippen LogP contribution is 2.38. The number of nitrogens with one attached hydrogen (secondary N) is 1. The highest BCUT2D eigenvalue weighted by atomic mass is 16.5. The second-order valence-electron chi connectivity index (χ2n) is 5.85. The number of aromatic nitrogens is 2. The average molecular weight is 309 g/mol. The third-order valence-electron chi connectivity index (χ3n) is 3.94. The number of hydrogen-bond acceptors (Lipinski definition) is 3. The number of carbonyl (C=O) groups is 1. The van der Waals surface area contributed by atoms with Gasteiger partial charge >= 0.3 is 0 Å². The van der Waals surface area contributed by atoms with Crippen LogP contribution in [0.4, 0.5) is 5.82 Å². The lowest BCUT2D eigenvalue weighted by atomic mass is 9.87. The molecule has 1 N–H and O–H groups in total. The molecule has 0 saturated carbocycles.